The van der Waals surface area contributed by atoms with Gasteiger partial charge in [0.25, 0.3) is 0 Å². The molecular weight excluding hydrogens is 701 g/mol. The van der Waals surface area contributed by atoms with Gasteiger partial charge in [-0.3, -0.25) is 10.9 Å². The summed E-state index contributed by atoms with van der Waals surface area (Å²) in [5.74, 6) is 4.18. The second kappa shape index (κ2) is 16.7. The fourth-order valence-electron chi connectivity index (χ4n) is 8.00. The number of hydrogen-bond donors (Lipinski definition) is 4. The van der Waals surface area contributed by atoms with Crippen LogP contribution in [0.2, 0.25) is 0 Å². The van der Waals surface area contributed by atoms with Gasteiger partial charge in [-0.2, -0.15) is 9.97 Å². The molecule has 0 bridgehead atoms. The number of anilines is 4. The van der Waals surface area contributed by atoms with Crippen LogP contribution in [0.5, 0.6) is 17.2 Å². The zero-order valence-corrected chi connectivity index (χ0v) is 32.5. The Kier molecular flexibility index (Phi) is 11.0. The highest BCUT2D eigenvalue weighted by Crippen LogP contribution is 2.42. The molecular formula is C45H50N8O3. The Labute approximate surface area is 328 Å². The molecule has 2 aliphatic carbocycles. The zero-order valence-electron chi connectivity index (χ0n) is 32.5. The molecule has 2 aliphatic rings. The van der Waals surface area contributed by atoms with E-state index in [0.29, 0.717) is 41.2 Å². The average Bonchev–Trinajstić information content (AvgIpc) is 3.25. The van der Waals surface area contributed by atoms with Gasteiger partial charge < -0.3 is 24.8 Å². The maximum atomic E-state index is 5.66. The first kappa shape index (κ1) is 36.9. The van der Waals surface area contributed by atoms with Crippen LogP contribution in [-0.2, 0) is 0 Å². The maximum Gasteiger partial charge on any atom is 0.244 e. The van der Waals surface area contributed by atoms with Gasteiger partial charge in [0.1, 0.15) is 11.6 Å². The molecule has 6 aromatic rings. The van der Waals surface area contributed by atoms with Crippen molar-refractivity contribution >= 4 is 51.4 Å². The smallest absolute Gasteiger partial charge is 0.244 e. The number of rotatable bonds is 13. The molecule has 0 unspecified atom stereocenters. The molecule has 11 heteroatoms. The average molecular weight is 751 g/mol. The Morgan fingerprint density at radius 2 is 1.00 bits per heavy atom. The van der Waals surface area contributed by atoms with Crippen LogP contribution in [0, 0.1) is 0 Å². The summed E-state index contributed by atoms with van der Waals surface area (Å²) in [5.41, 5.74) is 13.4. The van der Waals surface area contributed by atoms with Gasteiger partial charge in [0.2, 0.25) is 17.6 Å². The predicted octanol–water partition coefficient (Wildman–Crippen LogP) is 10.5. The largest absolute Gasteiger partial charge is 0.493 e. The fraction of sp³-hybridized carbons (Fsp3) is 0.333. The molecule has 2 saturated carbocycles. The second-order valence-electron chi connectivity index (χ2n) is 14.7. The van der Waals surface area contributed by atoms with Gasteiger partial charge in [-0.25, -0.2) is 9.97 Å². The molecule has 0 spiro atoms. The van der Waals surface area contributed by atoms with Crippen molar-refractivity contribution in [1.29, 1.82) is 0 Å². The van der Waals surface area contributed by atoms with Crippen LogP contribution >= 0.6 is 0 Å². The SMILES string of the molecule is C=Cc1ccc(-c2ccc3nc(NNc4nc(NC5CCCCC5)c5cc(-c6cc(OC)c(OC)c(OC)c6)ccc5n4)nc(NC4CCCCC4)c3c2)cc1. The number of fused-ring (bicyclic) bond motifs is 2. The van der Waals surface area contributed by atoms with Gasteiger partial charge in [0, 0.05) is 22.9 Å². The van der Waals surface area contributed by atoms with E-state index in [2.05, 4.69) is 82.7 Å². The van der Waals surface area contributed by atoms with Crippen molar-refractivity contribution < 1.29 is 14.2 Å². The van der Waals surface area contributed by atoms with E-state index in [1.165, 1.54) is 38.5 Å². The van der Waals surface area contributed by atoms with Crippen molar-refractivity contribution in [1.82, 2.24) is 19.9 Å². The number of benzene rings is 4. The molecule has 4 aromatic carbocycles. The Balaban J connectivity index is 1.12. The molecule has 2 aromatic heterocycles. The minimum atomic E-state index is 0.328. The van der Waals surface area contributed by atoms with Gasteiger partial charge in [-0.05, 0) is 89.9 Å². The number of ether oxygens (including phenoxy) is 3. The first-order chi connectivity index (χ1) is 27.5. The lowest BCUT2D eigenvalue weighted by Crippen LogP contribution is -2.24. The highest BCUT2D eigenvalue weighted by Gasteiger charge is 2.20. The van der Waals surface area contributed by atoms with Crippen LogP contribution in [0.15, 0.2) is 79.4 Å². The minimum Gasteiger partial charge on any atom is -0.493 e. The number of nitrogens with one attached hydrogen (secondary N) is 4. The molecule has 0 amide bonds. The van der Waals surface area contributed by atoms with E-state index in [4.69, 9.17) is 34.1 Å². The van der Waals surface area contributed by atoms with E-state index in [1.54, 1.807) is 21.3 Å². The van der Waals surface area contributed by atoms with E-state index in [9.17, 15) is 0 Å². The van der Waals surface area contributed by atoms with E-state index in [1.807, 2.05) is 24.3 Å². The summed E-state index contributed by atoms with van der Waals surface area (Å²) in [6, 6.07) is 25.6. The summed E-state index contributed by atoms with van der Waals surface area (Å²) < 4.78 is 16.9. The Bertz CT molecular complexity index is 2310. The van der Waals surface area contributed by atoms with Gasteiger partial charge >= 0.3 is 0 Å². The molecule has 288 valence electrons. The summed E-state index contributed by atoms with van der Waals surface area (Å²) in [4.78, 5) is 19.9. The number of aromatic nitrogens is 4. The first-order valence-electron chi connectivity index (χ1n) is 19.7. The van der Waals surface area contributed by atoms with Crippen LogP contribution in [0.25, 0.3) is 50.1 Å². The fourth-order valence-corrected chi connectivity index (χ4v) is 8.00. The molecule has 11 nitrogen and oxygen atoms in total. The lowest BCUT2D eigenvalue weighted by Gasteiger charge is -2.25. The molecule has 2 fully saturated rings. The van der Waals surface area contributed by atoms with Crippen molar-refractivity contribution in [3.63, 3.8) is 0 Å². The van der Waals surface area contributed by atoms with Crippen LogP contribution in [0.4, 0.5) is 23.5 Å². The quantitative estimate of drug-likeness (QED) is 0.0842. The maximum absolute atomic E-state index is 5.66. The Morgan fingerprint density at radius 1 is 0.536 bits per heavy atom. The molecule has 8 rings (SSSR count). The number of nitrogens with zero attached hydrogens (tertiary/aromatic N) is 4. The third-order valence-corrected chi connectivity index (χ3v) is 11.0. The summed E-state index contributed by atoms with van der Waals surface area (Å²) in [6.45, 7) is 3.90. The zero-order chi connectivity index (χ0) is 38.4. The Hall–Kier alpha value is -6.10. The summed E-state index contributed by atoms with van der Waals surface area (Å²) in [6.07, 6.45) is 13.7. The normalized spacial score (nSPS) is 15.0. The van der Waals surface area contributed by atoms with E-state index < -0.39 is 0 Å². The molecule has 0 radical (unpaired) electrons. The van der Waals surface area contributed by atoms with Gasteiger partial charge in [-0.15, -0.1) is 0 Å². The number of hydrogen-bond acceptors (Lipinski definition) is 11. The minimum absolute atomic E-state index is 0.328. The van der Waals surface area contributed by atoms with E-state index in [0.717, 1.165) is 86.9 Å². The summed E-state index contributed by atoms with van der Waals surface area (Å²) >= 11 is 0. The van der Waals surface area contributed by atoms with Crippen LogP contribution in [0.3, 0.4) is 0 Å². The molecule has 2 heterocycles. The number of methoxy groups -OCH3 is 3. The number of hydrazine groups is 1. The van der Waals surface area contributed by atoms with Gasteiger partial charge in [0.05, 0.1) is 32.4 Å². The van der Waals surface area contributed by atoms with Crippen molar-refractivity contribution in [3.05, 3.63) is 84.9 Å². The highest BCUT2D eigenvalue weighted by atomic mass is 16.5. The molecule has 0 aliphatic heterocycles. The molecule has 56 heavy (non-hydrogen) atoms. The van der Waals surface area contributed by atoms with Crippen LogP contribution < -0.4 is 35.7 Å². The van der Waals surface area contributed by atoms with Gasteiger partial charge in [0.15, 0.2) is 11.5 Å². The van der Waals surface area contributed by atoms with Gasteiger partial charge in [-0.1, -0.05) is 87.6 Å². The molecule has 0 saturated heterocycles. The monoisotopic (exact) mass is 750 g/mol. The summed E-state index contributed by atoms with van der Waals surface area (Å²) in [5, 5.41) is 9.46. The standard InChI is InChI=1S/C45H50N8O3/c1-5-28-16-18-29(19-17-28)30-20-22-37-35(24-30)42(46-33-12-8-6-9-13-33)50-44(48-37)52-53-45-49-38-23-21-31(32-26-39(54-2)41(56-4)40(27-32)55-3)25-36(38)43(51-45)47-34-14-10-7-11-15-34/h5,16-27,33-34H,1,6-15H2,2-4H3,(H2,46,48,50,52)(H2,47,49,51,53). The second-order valence-corrected chi connectivity index (χ2v) is 14.7. The topological polar surface area (TPSA) is 127 Å². The molecule has 0 atom stereocenters. The van der Waals surface area contributed by atoms with Crippen LogP contribution in [0.1, 0.15) is 69.8 Å². The van der Waals surface area contributed by atoms with Crippen molar-refractivity contribution in [3.8, 4) is 39.5 Å². The van der Waals surface area contributed by atoms with Crippen molar-refractivity contribution in [2.45, 2.75) is 76.3 Å². The van der Waals surface area contributed by atoms with Crippen LogP contribution in [-0.4, -0.2) is 53.3 Å². The third-order valence-electron chi connectivity index (χ3n) is 11.0. The third kappa shape index (κ3) is 7.98. The predicted molar refractivity (Wildman–Crippen MR) is 228 cm³/mol. The Morgan fingerprint density at radius 3 is 1.45 bits per heavy atom. The van der Waals surface area contributed by atoms with E-state index >= 15 is 0 Å². The molecule has 4 N–H and O–H groups in total. The first-order valence-corrected chi connectivity index (χ1v) is 19.7. The van der Waals surface area contributed by atoms with Crippen molar-refractivity contribution in [2.75, 3.05) is 42.8 Å². The van der Waals surface area contributed by atoms with E-state index in [-0.39, 0.29) is 0 Å². The summed E-state index contributed by atoms with van der Waals surface area (Å²) in [7, 11) is 4.86. The lowest BCUT2D eigenvalue weighted by atomic mass is 9.95. The van der Waals surface area contributed by atoms with Crippen molar-refractivity contribution in [2.24, 2.45) is 0 Å². The lowest BCUT2D eigenvalue weighted by molar-refractivity contribution is 0.324. The highest BCUT2D eigenvalue weighted by molar-refractivity contribution is 5.95.